The minimum atomic E-state index is 0.652. The highest BCUT2D eigenvalue weighted by Gasteiger charge is 2.21. The molecule has 2 aromatic heterocycles. The topological polar surface area (TPSA) is 60.0 Å². The van der Waals surface area contributed by atoms with Crippen molar-refractivity contribution in [1.82, 2.24) is 24.8 Å². The summed E-state index contributed by atoms with van der Waals surface area (Å²) in [6.07, 6.45) is 3.30. The SMILES string of the molecule is Cc1cc(C)n(-c2cccc(CN3CCC(Cc4noc(C)n4)CC3)c2)n1. The van der Waals surface area contributed by atoms with Crippen LogP contribution in [0.4, 0.5) is 0 Å². The van der Waals surface area contributed by atoms with E-state index in [2.05, 4.69) is 57.4 Å². The monoisotopic (exact) mass is 365 g/mol. The summed E-state index contributed by atoms with van der Waals surface area (Å²) in [5, 5.41) is 8.64. The predicted octanol–water partition coefficient (Wildman–Crippen LogP) is 3.64. The van der Waals surface area contributed by atoms with Crippen LogP contribution < -0.4 is 0 Å². The van der Waals surface area contributed by atoms with E-state index in [9.17, 15) is 0 Å². The van der Waals surface area contributed by atoms with E-state index in [-0.39, 0.29) is 0 Å². The van der Waals surface area contributed by atoms with Crippen molar-refractivity contribution in [2.45, 2.75) is 46.6 Å². The summed E-state index contributed by atoms with van der Waals surface area (Å²) in [7, 11) is 0. The highest BCUT2D eigenvalue weighted by Crippen LogP contribution is 2.23. The number of piperidine rings is 1. The number of hydrogen-bond acceptors (Lipinski definition) is 5. The summed E-state index contributed by atoms with van der Waals surface area (Å²) in [6.45, 7) is 9.20. The lowest BCUT2D eigenvalue weighted by molar-refractivity contribution is 0.175. The van der Waals surface area contributed by atoms with E-state index in [1.165, 1.54) is 24.1 Å². The smallest absolute Gasteiger partial charge is 0.223 e. The number of rotatable bonds is 5. The molecule has 6 heteroatoms. The first-order chi connectivity index (χ1) is 13.1. The van der Waals surface area contributed by atoms with Crippen LogP contribution in [0.5, 0.6) is 0 Å². The summed E-state index contributed by atoms with van der Waals surface area (Å²) >= 11 is 0. The van der Waals surface area contributed by atoms with Crippen LogP contribution in [-0.2, 0) is 13.0 Å². The van der Waals surface area contributed by atoms with Crippen LogP contribution in [0.2, 0.25) is 0 Å². The molecule has 3 aromatic rings. The van der Waals surface area contributed by atoms with Crippen LogP contribution in [0.15, 0.2) is 34.9 Å². The molecule has 3 heterocycles. The lowest BCUT2D eigenvalue weighted by atomic mass is 9.93. The van der Waals surface area contributed by atoms with E-state index in [1.54, 1.807) is 0 Å². The third kappa shape index (κ3) is 4.27. The van der Waals surface area contributed by atoms with E-state index in [4.69, 9.17) is 4.52 Å². The molecule has 0 unspecified atom stereocenters. The number of nitrogens with zero attached hydrogens (tertiary/aromatic N) is 5. The van der Waals surface area contributed by atoms with Crippen molar-refractivity contribution in [3.8, 4) is 5.69 Å². The van der Waals surface area contributed by atoms with Crippen molar-refractivity contribution in [3.63, 3.8) is 0 Å². The Morgan fingerprint density at radius 2 is 1.93 bits per heavy atom. The van der Waals surface area contributed by atoms with Gasteiger partial charge in [0.05, 0.1) is 11.4 Å². The fourth-order valence-electron chi connectivity index (χ4n) is 3.97. The molecule has 27 heavy (non-hydrogen) atoms. The van der Waals surface area contributed by atoms with E-state index in [0.29, 0.717) is 11.8 Å². The van der Waals surface area contributed by atoms with Crippen LogP contribution in [0, 0.1) is 26.7 Å². The number of benzene rings is 1. The minimum Gasteiger partial charge on any atom is -0.340 e. The van der Waals surface area contributed by atoms with E-state index >= 15 is 0 Å². The molecular formula is C21H27N5O. The Balaban J connectivity index is 1.35. The molecule has 0 spiro atoms. The van der Waals surface area contributed by atoms with Gasteiger partial charge in [-0.3, -0.25) is 4.90 Å². The van der Waals surface area contributed by atoms with Crippen LogP contribution in [0.1, 0.15) is 41.5 Å². The van der Waals surface area contributed by atoms with Crippen molar-refractivity contribution in [3.05, 3.63) is 59.0 Å². The quantitative estimate of drug-likeness (QED) is 0.691. The Labute approximate surface area is 160 Å². The fourth-order valence-corrected chi connectivity index (χ4v) is 3.97. The Morgan fingerprint density at radius 1 is 1.11 bits per heavy atom. The van der Waals surface area contributed by atoms with Crippen molar-refractivity contribution < 1.29 is 4.52 Å². The standard InChI is InChI=1S/C21H27N5O/c1-15-11-16(2)26(23-15)20-6-4-5-19(12-20)14-25-9-7-18(8-10-25)13-21-22-17(3)27-24-21/h4-6,11-12,18H,7-10,13-14H2,1-3H3. The summed E-state index contributed by atoms with van der Waals surface area (Å²) in [5.41, 5.74) is 4.70. The highest BCUT2D eigenvalue weighted by molar-refractivity contribution is 5.37. The van der Waals surface area contributed by atoms with Gasteiger partial charge in [-0.05, 0) is 69.5 Å². The molecule has 1 aliphatic heterocycles. The highest BCUT2D eigenvalue weighted by atomic mass is 16.5. The molecule has 0 atom stereocenters. The van der Waals surface area contributed by atoms with E-state index < -0.39 is 0 Å². The van der Waals surface area contributed by atoms with Gasteiger partial charge in [0.15, 0.2) is 5.82 Å². The lowest BCUT2D eigenvalue weighted by Crippen LogP contribution is -2.34. The van der Waals surface area contributed by atoms with E-state index in [1.807, 2.05) is 18.5 Å². The normalized spacial score (nSPS) is 16.1. The summed E-state index contributed by atoms with van der Waals surface area (Å²) < 4.78 is 7.11. The molecule has 0 N–H and O–H groups in total. The Morgan fingerprint density at radius 3 is 2.59 bits per heavy atom. The molecule has 0 aliphatic carbocycles. The Bertz CT molecular complexity index is 905. The molecule has 142 valence electrons. The second-order valence-corrected chi connectivity index (χ2v) is 7.66. The van der Waals surface area contributed by atoms with Gasteiger partial charge in [-0.1, -0.05) is 17.3 Å². The zero-order valence-electron chi connectivity index (χ0n) is 16.4. The third-order valence-electron chi connectivity index (χ3n) is 5.32. The molecule has 1 aliphatic rings. The van der Waals surface area contributed by atoms with Gasteiger partial charge in [-0.15, -0.1) is 0 Å². The molecule has 4 rings (SSSR count). The van der Waals surface area contributed by atoms with Gasteiger partial charge in [-0.25, -0.2) is 4.68 Å². The zero-order chi connectivity index (χ0) is 18.8. The van der Waals surface area contributed by atoms with Crippen LogP contribution in [0.3, 0.4) is 0 Å². The van der Waals surface area contributed by atoms with Gasteiger partial charge in [0.25, 0.3) is 0 Å². The predicted molar refractivity (Wildman–Crippen MR) is 104 cm³/mol. The number of aryl methyl sites for hydroxylation is 3. The van der Waals surface area contributed by atoms with E-state index in [0.717, 1.165) is 43.3 Å². The van der Waals surface area contributed by atoms with Crippen molar-refractivity contribution >= 4 is 0 Å². The number of hydrogen-bond donors (Lipinski definition) is 0. The van der Waals surface area contributed by atoms with Gasteiger partial charge in [0.2, 0.25) is 5.89 Å². The van der Waals surface area contributed by atoms with Crippen LogP contribution in [0.25, 0.3) is 5.69 Å². The zero-order valence-corrected chi connectivity index (χ0v) is 16.4. The molecule has 1 aromatic carbocycles. The molecule has 0 saturated carbocycles. The number of aromatic nitrogens is 4. The average molecular weight is 365 g/mol. The van der Waals surface area contributed by atoms with Gasteiger partial charge < -0.3 is 4.52 Å². The van der Waals surface area contributed by atoms with Gasteiger partial charge in [0, 0.05) is 25.6 Å². The summed E-state index contributed by atoms with van der Waals surface area (Å²) in [6, 6.07) is 10.8. The minimum absolute atomic E-state index is 0.652. The molecule has 0 amide bonds. The fraction of sp³-hybridized carbons (Fsp3) is 0.476. The first-order valence-electron chi connectivity index (χ1n) is 9.71. The maximum atomic E-state index is 5.09. The molecule has 0 bridgehead atoms. The molecule has 6 nitrogen and oxygen atoms in total. The largest absolute Gasteiger partial charge is 0.340 e. The molecule has 1 saturated heterocycles. The van der Waals surface area contributed by atoms with Crippen LogP contribution >= 0.6 is 0 Å². The molecule has 0 radical (unpaired) electrons. The average Bonchev–Trinajstić information content (AvgIpc) is 3.21. The second kappa shape index (κ2) is 7.64. The van der Waals surface area contributed by atoms with Crippen molar-refractivity contribution in [1.29, 1.82) is 0 Å². The Kier molecular flexibility index (Phi) is 5.07. The van der Waals surface area contributed by atoms with Crippen molar-refractivity contribution in [2.24, 2.45) is 5.92 Å². The first kappa shape index (κ1) is 17.9. The Hall–Kier alpha value is -2.47. The molecule has 1 fully saturated rings. The summed E-state index contributed by atoms with van der Waals surface area (Å²) in [4.78, 5) is 6.88. The molecular weight excluding hydrogens is 338 g/mol. The number of likely N-dealkylation sites (tertiary alicyclic amines) is 1. The van der Waals surface area contributed by atoms with Crippen molar-refractivity contribution in [2.75, 3.05) is 13.1 Å². The van der Waals surface area contributed by atoms with Gasteiger partial charge >= 0.3 is 0 Å². The maximum Gasteiger partial charge on any atom is 0.223 e. The first-order valence-corrected chi connectivity index (χ1v) is 9.71. The third-order valence-corrected chi connectivity index (χ3v) is 5.32. The van der Waals surface area contributed by atoms with Crippen LogP contribution in [-0.4, -0.2) is 37.9 Å². The lowest BCUT2D eigenvalue weighted by Gasteiger charge is -2.31. The van der Waals surface area contributed by atoms with Gasteiger partial charge in [-0.2, -0.15) is 10.1 Å². The maximum absolute atomic E-state index is 5.09. The summed E-state index contributed by atoms with van der Waals surface area (Å²) in [5.74, 6) is 2.16. The van der Waals surface area contributed by atoms with Gasteiger partial charge in [0.1, 0.15) is 0 Å². The second-order valence-electron chi connectivity index (χ2n) is 7.66.